The third-order valence-corrected chi connectivity index (χ3v) is 5.85. The molecule has 0 aliphatic carbocycles. The van der Waals surface area contributed by atoms with Crippen molar-refractivity contribution in [3.05, 3.63) is 40.6 Å². The molecule has 1 aromatic carbocycles. The average Bonchev–Trinajstić information content (AvgIpc) is 2.93. The first-order valence-corrected chi connectivity index (χ1v) is 9.39. The van der Waals surface area contributed by atoms with Crippen molar-refractivity contribution < 1.29 is 0 Å². The predicted octanol–water partition coefficient (Wildman–Crippen LogP) is 2.49. The number of piperazine rings is 1. The van der Waals surface area contributed by atoms with Crippen LogP contribution in [0.3, 0.4) is 0 Å². The number of aromatic nitrogens is 2. The number of halogens is 1. The summed E-state index contributed by atoms with van der Waals surface area (Å²) in [5, 5.41) is 0. The van der Waals surface area contributed by atoms with E-state index in [9.17, 15) is 0 Å². The fourth-order valence-corrected chi connectivity index (χ4v) is 3.90. The Labute approximate surface area is 152 Å². The minimum atomic E-state index is 0.155. The Hall–Kier alpha value is -1.21. The van der Waals surface area contributed by atoms with Gasteiger partial charge in [-0.25, -0.2) is 4.98 Å². The van der Waals surface area contributed by atoms with E-state index in [1.54, 1.807) is 0 Å². The molecule has 2 N–H and O–H groups in total. The summed E-state index contributed by atoms with van der Waals surface area (Å²) in [6, 6.07) is 10.5. The first-order chi connectivity index (χ1) is 11.7. The molecule has 0 saturated carbocycles. The Balaban J connectivity index is 1.88. The lowest BCUT2D eigenvalue weighted by Gasteiger charge is -2.38. The molecule has 5 nitrogen and oxygen atoms in total. The molecule has 0 spiro atoms. The number of likely N-dealkylation sites (N-methyl/N-ethyl adjacent to an activating group) is 1. The van der Waals surface area contributed by atoms with Crippen LogP contribution in [0, 0.1) is 0 Å². The van der Waals surface area contributed by atoms with Crippen molar-refractivity contribution >= 4 is 15.9 Å². The minimum absolute atomic E-state index is 0.155. The summed E-state index contributed by atoms with van der Waals surface area (Å²) in [6.07, 6.45) is 0. The smallest absolute Gasteiger partial charge is 0.140 e. The molecule has 0 amide bonds. The van der Waals surface area contributed by atoms with E-state index in [0.29, 0.717) is 6.54 Å². The van der Waals surface area contributed by atoms with Gasteiger partial charge >= 0.3 is 0 Å². The fourth-order valence-electron chi connectivity index (χ4n) is 3.38. The highest BCUT2D eigenvalue weighted by Crippen LogP contribution is 2.31. The standard InChI is InChI=1S/C18H26BrN5/c1-3-23-9-11-24(12-10-23)15(13-20)16-17(19)22(2)18(21-16)14-7-5-4-6-8-14/h4-8,15H,3,9-13,20H2,1-2H3. The summed E-state index contributed by atoms with van der Waals surface area (Å²) in [4.78, 5) is 9.89. The van der Waals surface area contributed by atoms with Crippen molar-refractivity contribution in [1.82, 2.24) is 19.4 Å². The van der Waals surface area contributed by atoms with Crippen molar-refractivity contribution in [2.75, 3.05) is 39.3 Å². The largest absolute Gasteiger partial charge is 0.329 e. The highest BCUT2D eigenvalue weighted by molar-refractivity contribution is 9.10. The molecule has 3 rings (SSSR count). The molecule has 6 heteroatoms. The van der Waals surface area contributed by atoms with Crippen LogP contribution < -0.4 is 5.73 Å². The molecule has 1 saturated heterocycles. The van der Waals surface area contributed by atoms with Gasteiger partial charge in [-0.15, -0.1) is 0 Å². The molecule has 1 aromatic heterocycles. The van der Waals surface area contributed by atoms with Crippen LogP contribution in [0.15, 0.2) is 34.9 Å². The first kappa shape index (κ1) is 17.6. The van der Waals surface area contributed by atoms with Crippen molar-refractivity contribution in [2.45, 2.75) is 13.0 Å². The van der Waals surface area contributed by atoms with Gasteiger partial charge in [0.1, 0.15) is 10.4 Å². The second-order valence-corrected chi connectivity index (χ2v) is 7.01. The monoisotopic (exact) mass is 391 g/mol. The molecule has 0 radical (unpaired) electrons. The Bertz CT molecular complexity index is 662. The summed E-state index contributed by atoms with van der Waals surface area (Å²) in [6.45, 7) is 8.20. The number of rotatable bonds is 5. The number of imidazole rings is 1. The van der Waals surface area contributed by atoms with E-state index in [1.807, 2.05) is 25.2 Å². The van der Waals surface area contributed by atoms with Crippen LogP contribution in [0.25, 0.3) is 11.4 Å². The lowest BCUT2D eigenvalue weighted by atomic mass is 10.1. The average molecular weight is 392 g/mol. The zero-order valence-corrected chi connectivity index (χ0v) is 16.0. The van der Waals surface area contributed by atoms with Crippen LogP contribution in [0.1, 0.15) is 18.7 Å². The van der Waals surface area contributed by atoms with Crippen molar-refractivity contribution in [3.63, 3.8) is 0 Å². The van der Waals surface area contributed by atoms with Crippen LogP contribution >= 0.6 is 15.9 Å². The van der Waals surface area contributed by atoms with Crippen LogP contribution in [0.4, 0.5) is 0 Å². The minimum Gasteiger partial charge on any atom is -0.329 e. The van der Waals surface area contributed by atoms with Gasteiger partial charge in [-0.05, 0) is 22.5 Å². The van der Waals surface area contributed by atoms with Gasteiger partial charge in [0, 0.05) is 45.3 Å². The van der Waals surface area contributed by atoms with Gasteiger partial charge in [-0.1, -0.05) is 37.3 Å². The number of benzene rings is 1. The third-order valence-electron chi connectivity index (χ3n) is 4.92. The van der Waals surface area contributed by atoms with Crippen LogP contribution in [-0.4, -0.2) is 58.6 Å². The molecule has 1 fully saturated rings. The Morgan fingerprint density at radius 1 is 1.17 bits per heavy atom. The summed E-state index contributed by atoms with van der Waals surface area (Å²) in [5.74, 6) is 0.975. The summed E-state index contributed by atoms with van der Waals surface area (Å²) < 4.78 is 3.13. The summed E-state index contributed by atoms with van der Waals surface area (Å²) in [5.41, 5.74) is 8.31. The maximum atomic E-state index is 6.14. The maximum Gasteiger partial charge on any atom is 0.140 e. The lowest BCUT2D eigenvalue weighted by Crippen LogP contribution is -2.49. The Morgan fingerprint density at radius 3 is 2.42 bits per heavy atom. The molecule has 1 aliphatic heterocycles. The SMILES string of the molecule is CCN1CCN(C(CN)c2nc(-c3ccccc3)n(C)c2Br)CC1. The molecule has 2 heterocycles. The first-order valence-electron chi connectivity index (χ1n) is 8.59. The number of nitrogens with two attached hydrogens (primary N) is 1. The summed E-state index contributed by atoms with van der Waals surface area (Å²) in [7, 11) is 2.05. The second kappa shape index (κ2) is 7.78. The van der Waals surface area contributed by atoms with Crippen LogP contribution in [0.5, 0.6) is 0 Å². The lowest BCUT2D eigenvalue weighted by molar-refractivity contribution is 0.100. The predicted molar refractivity (Wildman–Crippen MR) is 102 cm³/mol. The van der Waals surface area contributed by atoms with Crippen molar-refractivity contribution in [2.24, 2.45) is 12.8 Å². The van der Waals surface area contributed by atoms with Gasteiger partial charge in [-0.3, -0.25) is 4.90 Å². The molecule has 1 atom stereocenters. The third kappa shape index (κ3) is 3.42. The Kier molecular flexibility index (Phi) is 5.71. The van der Waals surface area contributed by atoms with E-state index in [2.05, 4.69) is 49.4 Å². The molecule has 0 bridgehead atoms. The molecule has 130 valence electrons. The quantitative estimate of drug-likeness (QED) is 0.850. The molecule has 1 unspecified atom stereocenters. The maximum absolute atomic E-state index is 6.14. The van der Waals surface area contributed by atoms with E-state index in [-0.39, 0.29) is 6.04 Å². The molecule has 2 aromatic rings. The normalized spacial score (nSPS) is 18.0. The van der Waals surface area contributed by atoms with Gasteiger partial charge in [-0.2, -0.15) is 0 Å². The van der Waals surface area contributed by atoms with Gasteiger partial charge in [0.2, 0.25) is 0 Å². The Morgan fingerprint density at radius 2 is 1.83 bits per heavy atom. The fraction of sp³-hybridized carbons (Fsp3) is 0.500. The van der Waals surface area contributed by atoms with Crippen molar-refractivity contribution in [3.8, 4) is 11.4 Å². The molecular weight excluding hydrogens is 366 g/mol. The van der Waals surface area contributed by atoms with E-state index in [0.717, 1.165) is 54.4 Å². The highest BCUT2D eigenvalue weighted by atomic mass is 79.9. The van der Waals surface area contributed by atoms with Gasteiger partial charge in [0.15, 0.2) is 0 Å². The zero-order chi connectivity index (χ0) is 17.1. The van der Waals surface area contributed by atoms with E-state index < -0.39 is 0 Å². The molecular formula is C18H26BrN5. The van der Waals surface area contributed by atoms with Gasteiger partial charge in [0.25, 0.3) is 0 Å². The van der Waals surface area contributed by atoms with Gasteiger partial charge < -0.3 is 15.2 Å². The number of hydrogen-bond donors (Lipinski definition) is 1. The van der Waals surface area contributed by atoms with Gasteiger partial charge in [0.05, 0.1) is 11.7 Å². The van der Waals surface area contributed by atoms with Crippen molar-refractivity contribution in [1.29, 1.82) is 0 Å². The van der Waals surface area contributed by atoms with Crippen LogP contribution in [-0.2, 0) is 7.05 Å². The summed E-state index contributed by atoms with van der Waals surface area (Å²) >= 11 is 3.74. The topological polar surface area (TPSA) is 50.3 Å². The highest BCUT2D eigenvalue weighted by Gasteiger charge is 2.28. The second-order valence-electron chi connectivity index (χ2n) is 6.26. The zero-order valence-electron chi connectivity index (χ0n) is 14.5. The van der Waals surface area contributed by atoms with Crippen LogP contribution in [0.2, 0.25) is 0 Å². The van der Waals surface area contributed by atoms with E-state index in [1.165, 1.54) is 0 Å². The van der Waals surface area contributed by atoms with E-state index in [4.69, 9.17) is 10.7 Å². The molecule has 24 heavy (non-hydrogen) atoms. The number of hydrogen-bond acceptors (Lipinski definition) is 4. The number of nitrogens with zero attached hydrogens (tertiary/aromatic N) is 4. The van der Waals surface area contributed by atoms with E-state index >= 15 is 0 Å². The molecule has 1 aliphatic rings.